The Labute approximate surface area is 159 Å². The molecule has 1 amide bonds. The molecule has 1 saturated carbocycles. The first-order valence-electron chi connectivity index (χ1n) is 10.3. The molecule has 0 radical (unpaired) electrons. The normalized spacial score (nSPS) is 21.8. The first kappa shape index (κ1) is 21.0. The van der Waals surface area contributed by atoms with Gasteiger partial charge in [-0.25, -0.2) is 0 Å². The highest BCUT2D eigenvalue weighted by molar-refractivity contribution is 5.85. The maximum atomic E-state index is 12.7. The van der Waals surface area contributed by atoms with Crippen LogP contribution in [0.5, 0.6) is 0 Å². The summed E-state index contributed by atoms with van der Waals surface area (Å²) in [6.07, 6.45) is 6.83. The second-order valence-electron chi connectivity index (χ2n) is 8.55. The predicted molar refractivity (Wildman–Crippen MR) is 108 cm³/mol. The van der Waals surface area contributed by atoms with Gasteiger partial charge in [0, 0.05) is 40.3 Å². The molecule has 1 atom stereocenters. The Balaban J connectivity index is 1.91. The third kappa shape index (κ3) is 5.12. The van der Waals surface area contributed by atoms with Gasteiger partial charge in [0.05, 0.1) is 5.41 Å². The molecule has 1 aliphatic heterocycles. The van der Waals surface area contributed by atoms with Crippen LogP contribution < -0.4 is 10.6 Å². The molecule has 1 heterocycles. The molecule has 0 aromatic rings. The van der Waals surface area contributed by atoms with Crippen molar-refractivity contribution in [2.75, 3.05) is 47.3 Å². The van der Waals surface area contributed by atoms with Crippen molar-refractivity contribution in [1.29, 1.82) is 0 Å². The maximum Gasteiger partial charge on any atom is 0.230 e. The summed E-state index contributed by atoms with van der Waals surface area (Å²) in [6, 6.07) is 0.528. The predicted octanol–water partition coefficient (Wildman–Crippen LogP) is 1.92. The van der Waals surface area contributed by atoms with E-state index in [9.17, 15) is 4.79 Å². The van der Waals surface area contributed by atoms with E-state index in [0.29, 0.717) is 18.5 Å². The maximum absolute atomic E-state index is 12.7. The molecule has 26 heavy (non-hydrogen) atoms. The van der Waals surface area contributed by atoms with Gasteiger partial charge in [0.2, 0.25) is 5.91 Å². The summed E-state index contributed by atoms with van der Waals surface area (Å²) in [6.45, 7) is 8.56. The average Bonchev–Trinajstić information content (AvgIpc) is 3.29. The molecule has 2 rings (SSSR count). The Bertz CT molecular complexity index is 477. The van der Waals surface area contributed by atoms with Gasteiger partial charge in [-0.3, -0.25) is 14.7 Å². The molecule has 0 spiro atoms. The van der Waals surface area contributed by atoms with E-state index in [1.165, 1.54) is 25.9 Å². The van der Waals surface area contributed by atoms with E-state index >= 15 is 0 Å². The van der Waals surface area contributed by atoms with Gasteiger partial charge in [0.15, 0.2) is 5.96 Å². The summed E-state index contributed by atoms with van der Waals surface area (Å²) < 4.78 is 0. The summed E-state index contributed by atoms with van der Waals surface area (Å²) in [5, 5.41) is 6.96. The number of amides is 1. The molecule has 1 saturated heterocycles. The Morgan fingerprint density at radius 2 is 1.73 bits per heavy atom. The number of hydrogen-bond donors (Lipinski definition) is 2. The number of nitrogens with one attached hydrogen (secondary N) is 2. The fourth-order valence-electron chi connectivity index (χ4n) is 4.53. The summed E-state index contributed by atoms with van der Waals surface area (Å²) in [5.41, 5.74) is -0.270. The number of rotatable bonds is 7. The summed E-state index contributed by atoms with van der Waals surface area (Å²) in [4.78, 5) is 21.4. The quantitative estimate of drug-likeness (QED) is 0.535. The van der Waals surface area contributed by atoms with Crippen molar-refractivity contribution in [3.63, 3.8) is 0 Å². The van der Waals surface area contributed by atoms with E-state index in [2.05, 4.69) is 34.4 Å². The Hall–Kier alpha value is -1.30. The van der Waals surface area contributed by atoms with Crippen molar-refractivity contribution in [2.24, 2.45) is 16.3 Å². The number of carbonyl (C=O) groups is 1. The molecule has 150 valence electrons. The Morgan fingerprint density at radius 3 is 2.23 bits per heavy atom. The van der Waals surface area contributed by atoms with Crippen LogP contribution in [0.15, 0.2) is 4.99 Å². The van der Waals surface area contributed by atoms with Crippen LogP contribution in [0.1, 0.15) is 52.4 Å². The lowest BCUT2D eigenvalue weighted by molar-refractivity contribution is -0.138. The number of carbonyl (C=O) groups excluding carboxylic acids is 1. The molecule has 6 nitrogen and oxygen atoms in total. The molecular formula is C20H39N5O. The van der Waals surface area contributed by atoms with Crippen molar-refractivity contribution >= 4 is 11.9 Å². The van der Waals surface area contributed by atoms with Gasteiger partial charge in [0.1, 0.15) is 0 Å². The van der Waals surface area contributed by atoms with Gasteiger partial charge in [0.25, 0.3) is 0 Å². The third-order valence-corrected chi connectivity index (χ3v) is 6.10. The average molecular weight is 366 g/mol. The third-order valence-electron chi connectivity index (χ3n) is 6.10. The fourth-order valence-corrected chi connectivity index (χ4v) is 4.53. The van der Waals surface area contributed by atoms with Crippen LogP contribution in [0.4, 0.5) is 0 Å². The molecule has 0 aromatic heterocycles. The molecule has 6 heteroatoms. The van der Waals surface area contributed by atoms with Crippen LogP contribution in [0.2, 0.25) is 0 Å². The number of likely N-dealkylation sites (tertiary alicyclic amines) is 1. The molecular weight excluding hydrogens is 326 g/mol. The number of nitrogens with zero attached hydrogens (tertiary/aromatic N) is 3. The smallest absolute Gasteiger partial charge is 0.230 e. The van der Waals surface area contributed by atoms with E-state index in [0.717, 1.165) is 38.2 Å². The van der Waals surface area contributed by atoms with Crippen LogP contribution in [0.25, 0.3) is 0 Å². The molecule has 1 aliphatic carbocycles. The van der Waals surface area contributed by atoms with Crippen molar-refractivity contribution in [1.82, 2.24) is 20.4 Å². The number of guanidine groups is 1. The van der Waals surface area contributed by atoms with E-state index in [1.54, 1.807) is 4.90 Å². The lowest BCUT2D eigenvalue weighted by Gasteiger charge is -2.33. The van der Waals surface area contributed by atoms with E-state index in [4.69, 9.17) is 0 Å². The largest absolute Gasteiger partial charge is 0.355 e. The summed E-state index contributed by atoms with van der Waals surface area (Å²) in [7, 11) is 5.53. The number of hydrogen-bond acceptors (Lipinski definition) is 3. The highest BCUT2D eigenvalue weighted by Gasteiger charge is 2.42. The van der Waals surface area contributed by atoms with Crippen LogP contribution >= 0.6 is 0 Å². The monoisotopic (exact) mass is 365 g/mol. The molecule has 0 bridgehead atoms. The van der Waals surface area contributed by atoms with Gasteiger partial charge in [-0.05, 0) is 44.7 Å². The van der Waals surface area contributed by atoms with Crippen molar-refractivity contribution in [3.8, 4) is 0 Å². The minimum atomic E-state index is -0.270. The fraction of sp³-hybridized carbons (Fsp3) is 0.900. The lowest BCUT2D eigenvalue weighted by atomic mass is 9.84. The van der Waals surface area contributed by atoms with Crippen LogP contribution in [0.3, 0.4) is 0 Å². The standard InChI is InChI=1S/C20H39N5O/c1-16(2)17(25-12-8-9-13-25)14-22-19(21-3)23-15-20(10-6-7-11-20)18(26)24(4)5/h16-17H,6-15H2,1-5H3,(H2,21,22,23). The van der Waals surface area contributed by atoms with Gasteiger partial charge in [-0.2, -0.15) is 0 Å². The molecule has 2 aliphatic rings. The zero-order valence-corrected chi connectivity index (χ0v) is 17.5. The summed E-state index contributed by atoms with van der Waals surface area (Å²) in [5.74, 6) is 1.66. The zero-order valence-electron chi connectivity index (χ0n) is 17.5. The van der Waals surface area contributed by atoms with Crippen molar-refractivity contribution in [3.05, 3.63) is 0 Å². The SMILES string of the molecule is CN=C(NCC(C(C)C)N1CCCC1)NCC1(C(=O)N(C)C)CCCC1. The van der Waals surface area contributed by atoms with Gasteiger partial charge in [-0.1, -0.05) is 26.7 Å². The Morgan fingerprint density at radius 1 is 1.12 bits per heavy atom. The zero-order chi connectivity index (χ0) is 19.2. The molecule has 1 unspecified atom stereocenters. The second-order valence-corrected chi connectivity index (χ2v) is 8.55. The van der Waals surface area contributed by atoms with Crippen LogP contribution in [-0.2, 0) is 4.79 Å². The van der Waals surface area contributed by atoms with E-state index in [-0.39, 0.29) is 11.3 Å². The topological polar surface area (TPSA) is 60.0 Å². The second kappa shape index (κ2) is 9.58. The van der Waals surface area contributed by atoms with Crippen LogP contribution in [0, 0.1) is 11.3 Å². The minimum absolute atomic E-state index is 0.245. The van der Waals surface area contributed by atoms with Gasteiger partial charge >= 0.3 is 0 Å². The Kier molecular flexibility index (Phi) is 7.74. The highest BCUT2D eigenvalue weighted by atomic mass is 16.2. The van der Waals surface area contributed by atoms with Gasteiger partial charge in [-0.15, -0.1) is 0 Å². The first-order valence-corrected chi connectivity index (χ1v) is 10.3. The van der Waals surface area contributed by atoms with Crippen molar-refractivity contribution < 1.29 is 4.79 Å². The summed E-state index contributed by atoms with van der Waals surface area (Å²) >= 11 is 0. The van der Waals surface area contributed by atoms with Gasteiger partial charge < -0.3 is 15.5 Å². The minimum Gasteiger partial charge on any atom is -0.355 e. The van der Waals surface area contributed by atoms with E-state index in [1.807, 2.05) is 21.1 Å². The van der Waals surface area contributed by atoms with E-state index < -0.39 is 0 Å². The number of aliphatic imine (C=N–C) groups is 1. The molecule has 2 fully saturated rings. The highest BCUT2D eigenvalue weighted by Crippen LogP contribution is 2.38. The van der Waals surface area contributed by atoms with Crippen LogP contribution in [-0.4, -0.2) is 75.0 Å². The van der Waals surface area contributed by atoms with Crippen molar-refractivity contribution in [2.45, 2.75) is 58.4 Å². The molecule has 0 aromatic carbocycles. The lowest BCUT2D eigenvalue weighted by Crippen LogP contribution is -2.52. The first-order chi connectivity index (χ1) is 12.4. The molecule has 2 N–H and O–H groups in total.